The molecule has 0 heterocycles. The molecule has 0 rings (SSSR count). The summed E-state index contributed by atoms with van der Waals surface area (Å²) in [6.07, 6.45) is 0.964. The number of hydrogen-bond donors (Lipinski definition) is 2. The van der Waals surface area contributed by atoms with E-state index in [4.69, 9.17) is 0 Å². The van der Waals surface area contributed by atoms with Crippen LogP contribution in [0.25, 0.3) is 0 Å². The van der Waals surface area contributed by atoms with E-state index in [9.17, 15) is 4.79 Å². The predicted octanol–water partition coefficient (Wildman–Crippen LogP) is 1.49. The van der Waals surface area contributed by atoms with Crippen LogP contribution in [0.5, 0.6) is 0 Å². The number of carbonyl (C=O) groups excluding carboxylic acids is 1. The first-order valence-electron chi connectivity index (χ1n) is 4.13. The van der Waals surface area contributed by atoms with Gasteiger partial charge in [0.05, 0.1) is 0 Å². The molecule has 0 spiro atoms. The summed E-state index contributed by atoms with van der Waals surface area (Å²) in [6, 6.07) is 0.391. The average molecular weight is 158 g/mol. The molecule has 0 saturated heterocycles. The van der Waals surface area contributed by atoms with Gasteiger partial charge < -0.3 is 10.6 Å². The molecule has 66 valence electrons. The van der Waals surface area contributed by atoms with Crippen molar-refractivity contribution < 1.29 is 4.79 Å². The molecule has 2 N–H and O–H groups in total. The summed E-state index contributed by atoms with van der Waals surface area (Å²) in [4.78, 5) is 11.0. The van der Waals surface area contributed by atoms with E-state index in [1.54, 1.807) is 0 Å². The van der Waals surface area contributed by atoms with Crippen LogP contribution in [0.15, 0.2) is 0 Å². The van der Waals surface area contributed by atoms with Crippen LogP contribution in [-0.2, 0) is 0 Å². The summed E-state index contributed by atoms with van der Waals surface area (Å²) in [5.41, 5.74) is 0. The summed E-state index contributed by atoms with van der Waals surface area (Å²) in [5.74, 6) is 0. The second kappa shape index (κ2) is 4.99. The van der Waals surface area contributed by atoms with Gasteiger partial charge in [0.25, 0.3) is 0 Å². The minimum absolute atomic E-state index is 0.0747. The highest BCUT2D eigenvalue weighted by Gasteiger charge is 2.04. The molecule has 0 radical (unpaired) electrons. The topological polar surface area (TPSA) is 41.1 Å². The van der Waals surface area contributed by atoms with Gasteiger partial charge in [-0.1, -0.05) is 6.92 Å². The van der Waals surface area contributed by atoms with Gasteiger partial charge in [-0.15, -0.1) is 0 Å². The number of hydrogen-bond acceptors (Lipinski definition) is 1. The summed E-state index contributed by atoms with van der Waals surface area (Å²) in [6.45, 7) is 7.91. The van der Waals surface area contributed by atoms with Crippen LogP contribution in [0.4, 0.5) is 4.79 Å². The molecule has 1 atom stereocenters. The molecule has 3 heteroatoms. The Hall–Kier alpha value is -0.730. The summed E-state index contributed by atoms with van der Waals surface area (Å²) in [5, 5.41) is 5.57. The minimum Gasteiger partial charge on any atom is -0.336 e. The molecule has 11 heavy (non-hydrogen) atoms. The number of urea groups is 1. The van der Waals surface area contributed by atoms with Crippen molar-refractivity contribution in [1.82, 2.24) is 10.6 Å². The van der Waals surface area contributed by atoms with Crippen molar-refractivity contribution in [2.75, 3.05) is 0 Å². The molecule has 0 fully saturated rings. The largest absolute Gasteiger partial charge is 0.336 e. The molecule has 0 aliphatic heterocycles. The number of rotatable bonds is 3. The Kier molecular flexibility index (Phi) is 4.66. The lowest BCUT2D eigenvalue weighted by Gasteiger charge is -2.14. The van der Waals surface area contributed by atoms with Crippen LogP contribution in [0.2, 0.25) is 0 Å². The first kappa shape index (κ1) is 10.3. The molecule has 1 unspecified atom stereocenters. The van der Waals surface area contributed by atoms with Gasteiger partial charge in [-0.3, -0.25) is 0 Å². The van der Waals surface area contributed by atoms with E-state index in [2.05, 4.69) is 10.6 Å². The molecule has 0 aliphatic rings. The lowest BCUT2D eigenvalue weighted by Crippen LogP contribution is -2.43. The maximum Gasteiger partial charge on any atom is 0.315 e. The van der Waals surface area contributed by atoms with Gasteiger partial charge in [-0.05, 0) is 27.2 Å². The summed E-state index contributed by atoms with van der Waals surface area (Å²) < 4.78 is 0. The fourth-order valence-corrected chi connectivity index (χ4v) is 0.630. The van der Waals surface area contributed by atoms with E-state index in [-0.39, 0.29) is 18.1 Å². The van der Waals surface area contributed by atoms with Crippen LogP contribution < -0.4 is 10.6 Å². The monoisotopic (exact) mass is 158 g/mol. The van der Waals surface area contributed by atoms with Gasteiger partial charge in [0, 0.05) is 12.1 Å². The molecule has 3 nitrogen and oxygen atoms in total. The van der Waals surface area contributed by atoms with Gasteiger partial charge >= 0.3 is 6.03 Å². The Morgan fingerprint density at radius 2 is 1.82 bits per heavy atom. The van der Waals surface area contributed by atoms with Crippen molar-refractivity contribution in [3.63, 3.8) is 0 Å². The fourth-order valence-electron chi connectivity index (χ4n) is 0.630. The molecule has 0 bridgehead atoms. The number of carbonyl (C=O) groups is 1. The molecular formula is C8H18N2O. The third-order valence-corrected chi connectivity index (χ3v) is 1.41. The van der Waals surface area contributed by atoms with Gasteiger partial charge in [-0.25, -0.2) is 4.79 Å². The zero-order valence-electron chi connectivity index (χ0n) is 7.77. The zero-order valence-corrected chi connectivity index (χ0v) is 7.77. The van der Waals surface area contributed by atoms with Crippen molar-refractivity contribution in [2.45, 2.75) is 46.2 Å². The van der Waals surface area contributed by atoms with Crippen LogP contribution in [-0.4, -0.2) is 18.1 Å². The maximum absolute atomic E-state index is 11.0. The third kappa shape index (κ3) is 5.70. The predicted molar refractivity (Wildman–Crippen MR) is 46.6 cm³/mol. The first-order chi connectivity index (χ1) is 5.06. The van der Waals surface area contributed by atoms with E-state index < -0.39 is 0 Å². The molecule has 0 saturated carbocycles. The minimum atomic E-state index is -0.0747. The van der Waals surface area contributed by atoms with E-state index in [1.807, 2.05) is 27.7 Å². The van der Waals surface area contributed by atoms with Gasteiger partial charge in [0.1, 0.15) is 0 Å². The Labute approximate surface area is 68.6 Å². The zero-order chi connectivity index (χ0) is 8.85. The summed E-state index contributed by atoms with van der Waals surface area (Å²) in [7, 11) is 0. The molecule has 0 aromatic heterocycles. The Balaban J connectivity index is 3.52. The quantitative estimate of drug-likeness (QED) is 0.642. The maximum atomic E-state index is 11.0. The van der Waals surface area contributed by atoms with Crippen LogP contribution in [0.1, 0.15) is 34.1 Å². The van der Waals surface area contributed by atoms with Crippen molar-refractivity contribution in [1.29, 1.82) is 0 Å². The number of amides is 2. The fraction of sp³-hybridized carbons (Fsp3) is 0.875. The highest BCUT2D eigenvalue weighted by atomic mass is 16.2. The summed E-state index contributed by atoms with van der Waals surface area (Å²) >= 11 is 0. The van der Waals surface area contributed by atoms with Crippen molar-refractivity contribution in [2.24, 2.45) is 0 Å². The van der Waals surface area contributed by atoms with Crippen LogP contribution in [0.3, 0.4) is 0 Å². The first-order valence-corrected chi connectivity index (χ1v) is 4.13. The standard InChI is InChI=1S/C8H18N2O/c1-5-7(4)10-8(11)9-6(2)3/h6-7H,5H2,1-4H3,(H2,9,10,11). The second-order valence-corrected chi connectivity index (χ2v) is 3.08. The van der Waals surface area contributed by atoms with Crippen molar-refractivity contribution in [3.05, 3.63) is 0 Å². The molecule has 0 aliphatic carbocycles. The van der Waals surface area contributed by atoms with Gasteiger partial charge in [0.15, 0.2) is 0 Å². The molecular weight excluding hydrogens is 140 g/mol. The molecule has 0 aromatic rings. The highest BCUT2D eigenvalue weighted by Crippen LogP contribution is 1.87. The molecule has 2 amide bonds. The van der Waals surface area contributed by atoms with E-state index in [1.165, 1.54) is 0 Å². The van der Waals surface area contributed by atoms with E-state index >= 15 is 0 Å². The Morgan fingerprint density at radius 1 is 1.27 bits per heavy atom. The van der Waals surface area contributed by atoms with E-state index in [0.717, 1.165) is 6.42 Å². The average Bonchev–Trinajstić information content (AvgIpc) is 1.85. The van der Waals surface area contributed by atoms with Crippen LogP contribution in [0, 0.1) is 0 Å². The molecule has 0 aromatic carbocycles. The SMILES string of the molecule is CCC(C)NC(=O)NC(C)C. The Morgan fingerprint density at radius 3 is 2.18 bits per heavy atom. The normalized spacial score (nSPS) is 12.8. The van der Waals surface area contributed by atoms with Gasteiger partial charge in [-0.2, -0.15) is 0 Å². The number of nitrogens with one attached hydrogen (secondary N) is 2. The third-order valence-electron chi connectivity index (χ3n) is 1.41. The van der Waals surface area contributed by atoms with Crippen LogP contribution >= 0.6 is 0 Å². The highest BCUT2D eigenvalue weighted by molar-refractivity contribution is 5.74. The van der Waals surface area contributed by atoms with Crippen molar-refractivity contribution in [3.8, 4) is 0 Å². The van der Waals surface area contributed by atoms with E-state index in [0.29, 0.717) is 0 Å². The lowest BCUT2D eigenvalue weighted by atomic mass is 10.3. The Bertz CT molecular complexity index is 123. The van der Waals surface area contributed by atoms with Crippen molar-refractivity contribution >= 4 is 6.03 Å². The second-order valence-electron chi connectivity index (χ2n) is 3.08. The smallest absolute Gasteiger partial charge is 0.315 e. The lowest BCUT2D eigenvalue weighted by molar-refractivity contribution is 0.235. The van der Waals surface area contributed by atoms with Gasteiger partial charge in [0.2, 0.25) is 0 Å².